The lowest BCUT2D eigenvalue weighted by Gasteiger charge is -2.62. The molecule has 2 N–H and O–H groups in total. The number of benzene rings is 2. The minimum absolute atomic E-state index is 0.0231. The Balaban J connectivity index is 1.38. The maximum atomic E-state index is 14.0. The van der Waals surface area contributed by atoms with Crippen molar-refractivity contribution in [3.05, 3.63) is 53.6 Å². The van der Waals surface area contributed by atoms with Gasteiger partial charge in [-0.15, -0.1) is 0 Å². The molecule has 228 valence electrons. The van der Waals surface area contributed by atoms with Crippen molar-refractivity contribution in [1.29, 1.82) is 0 Å². The van der Waals surface area contributed by atoms with Crippen molar-refractivity contribution in [3.8, 4) is 16.9 Å². The molecule has 2 amide bonds. The zero-order valence-electron chi connectivity index (χ0n) is 26.1. The van der Waals surface area contributed by atoms with Gasteiger partial charge < -0.3 is 20.1 Å². The summed E-state index contributed by atoms with van der Waals surface area (Å²) in [7, 11) is 5.12. The molecule has 2 aromatic carbocycles. The topological polar surface area (TPSA) is 91.3 Å². The fourth-order valence-electron chi connectivity index (χ4n) is 7.85. The number of ether oxygens (including phenoxy) is 1. The Morgan fingerprint density at radius 2 is 1.86 bits per heavy atom. The van der Waals surface area contributed by atoms with E-state index in [9.17, 15) is 14.7 Å². The van der Waals surface area contributed by atoms with E-state index in [1.54, 1.807) is 31.2 Å². The van der Waals surface area contributed by atoms with Crippen LogP contribution < -0.4 is 10.1 Å². The molecule has 3 aliphatic carbocycles. The van der Waals surface area contributed by atoms with E-state index in [-0.39, 0.29) is 30.4 Å². The largest absolute Gasteiger partial charge is 0.496 e. The van der Waals surface area contributed by atoms with Crippen LogP contribution in [0.15, 0.2) is 42.5 Å². The number of hydrogen-bond acceptors (Lipinski definition) is 6. The summed E-state index contributed by atoms with van der Waals surface area (Å²) in [4.78, 5) is 34.2. The fraction of sp³-hybridized carbons (Fsp3) is 0.588. The van der Waals surface area contributed by atoms with E-state index in [0.717, 1.165) is 23.1 Å². The Morgan fingerprint density at radius 1 is 1.14 bits per heavy atom. The van der Waals surface area contributed by atoms with Gasteiger partial charge in [0, 0.05) is 42.7 Å². The van der Waals surface area contributed by atoms with Crippen molar-refractivity contribution in [2.24, 2.45) is 29.1 Å². The average Bonchev–Trinajstić information content (AvgIpc) is 3.34. The highest BCUT2D eigenvalue weighted by molar-refractivity contribution is 5.94. The molecule has 4 aliphatic rings. The molecule has 6 rings (SSSR count). The Bertz CT molecular complexity index is 1290. The van der Waals surface area contributed by atoms with Gasteiger partial charge in [-0.1, -0.05) is 58.0 Å². The Labute approximate surface area is 250 Å². The van der Waals surface area contributed by atoms with Crippen LogP contribution in [-0.4, -0.2) is 72.9 Å². The van der Waals surface area contributed by atoms with Crippen molar-refractivity contribution >= 4 is 11.8 Å². The van der Waals surface area contributed by atoms with Crippen molar-refractivity contribution in [2.45, 2.75) is 71.7 Å². The normalized spacial score (nSPS) is 30.0. The summed E-state index contributed by atoms with van der Waals surface area (Å²) in [5, 5.41) is 15.3. The van der Waals surface area contributed by atoms with Gasteiger partial charge in [0.15, 0.2) is 0 Å². The molecule has 1 saturated heterocycles. The monoisotopic (exact) mass is 577 g/mol. The third kappa shape index (κ3) is 5.33. The first-order chi connectivity index (χ1) is 20.0. The number of methoxy groups -OCH3 is 1. The molecule has 42 heavy (non-hydrogen) atoms. The number of rotatable bonds is 9. The molecule has 8 heteroatoms. The molecule has 1 heterocycles. The van der Waals surface area contributed by atoms with E-state index in [2.05, 4.69) is 26.1 Å². The highest BCUT2D eigenvalue weighted by atomic mass is 16.7. The number of fused-ring (bicyclic) bond motifs is 2. The third-order valence-electron chi connectivity index (χ3n) is 10.5. The number of hydrogen-bond donors (Lipinski definition) is 2. The molecule has 8 nitrogen and oxygen atoms in total. The lowest BCUT2D eigenvalue weighted by Crippen LogP contribution is -2.62. The van der Waals surface area contributed by atoms with Gasteiger partial charge in [0.2, 0.25) is 5.91 Å². The molecule has 0 unspecified atom stereocenters. The van der Waals surface area contributed by atoms with Crippen LogP contribution in [0.2, 0.25) is 0 Å². The molecular weight excluding hydrogens is 530 g/mol. The number of carbonyl (C=O) groups excluding carboxylic acids is 2. The molecule has 3 saturated carbocycles. The number of carbonyl (C=O) groups is 2. The summed E-state index contributed by atoms with van der Waals surface area (Å²) in [5.74, 6) is 2.19. The van der Waals surface area contributed by atoms with Gasteiger partial charge in [-0.05, 0) is 60.1 Å². The summed E-state index contributed by atoms with van der Waals surface area (Å²) in [6.45, 7) is 9.25. The number of nitrogens with zero attached hydrogens (tertiary/aromatic N) is 2. The summed E-state index contributed by atoms with van der Waals surface area (Å²) in [6.07, 6.45) is 2.54. The number of aliphatic hydroxyl groups excluding tert-OH is 1. The van der Waals surface area contributed by atoms with Gasteiger partial charge in [-0.3, -0.25) is 14.4 Å². The maximum Gasteiger partial charge on any atom is 0.253 e. The zero-order valence-corrected chi connectivity index (χ0v) is 26.1. The van der Waals surface area contributed by atoms with Gasteiger partial charge in [0.1, 0.15) is 17.9 Å². The van der Waals surface area contributed by atoms with Crippen LogP contribution in [0.4, 0.5) is 0 Å². The maximum absolute atomic E-state index is 14.0. The van der Waals surface area contributed by atoms with E-state index in [4.69, 9.17) is 9.57 Å². The van der Waals surface area contributed by atoms with E-state index in [1.165, 1.54) is 6.42 Å². The second-order valence-electron chi connectivity index (χ2n) is 13.3. The predicted molar refractivity (Wildman–Crippen MR) is 163 cm³/mol. The molecular formula is C34H47N3O5. The van der Waals surface area contributed by atoms with Gasteiger partial charge in [0.25, 0.3) is 5.91 Å². The van der Waals surface area contributed by atoms with Crippen LogP contribution in [-0.2, 0) is 16.2 Å². The van der Waals surface area contributed by atoms with Crippen LogP contribution in [0, 0.1) is 29.1 Å². The molecule has 7 atom stereocenters. The van der Waals surface area contributed by atoms with Crippen molar-refractivity contribution in [3.63, 3.8) is 0 Å². The van der Waals surface area contributed by atoms with Gasteiger partial charge in [-0.2, -0.15) is 5.06 Å². The van der Waals surface area contributed by atoms with E-state index in [0.29, 0.717) is 47.4 Å². The van der Waals surface area contributed by atoms with Crippen LogP contribution in [0.25, 0.3) is 11.1 Å². The predicted octanol–water partition coefficient (Wildman–Crippen LogP) is 4.75. The van der Waals surface area contributed by atoms with Gasteiger partial charge in [0.05, 0.1) is 20.3 Å². The summed E-state index contributed by atoms with van der Waals surface area (Å²) >= 11 is 0. The van der Waals surface area contributed by atoms with E-state index < -0.39 is 12.1 Å². The minimum atomic E-state index is -0.518. The van der Waals surface area contributed by atoms with E-state index >= 15 is 0 Å². The second-order valence-corrected chi connectivity index (χ2v) is 13.3. The molecule has 0 spiro atoms. The number of hydroxylamine groups is 2. The first-order valence-electron chi connectivity index (χ1n) is 15.3. The quantitative estimate of drug-likeness (QED) is 0.447. The first-order valence-corrected chi connectivity index (χ1v) is 15.3. The second kappa shape index (κ2) is 12.0. The summed E-state index contributed by atoms with van der Waals surface area (Å²) in [5.41, 5.74) is 3.66. The molecule has 4 fully saturated rings. The molecule has 0 aromatic heterocycles. The van der Waals surface area contributed by atoms with Crippen molar-refractivity contribution in [2.75, 3.05) is 27.8 Å². The standard InChI is InChI=1S/C34H47N3O5/c1-8-25-29(19-38)42-37(30(25)32(39)35-28-17-24-16-27(20(28)2)34(24,3)4)18-23-10-9-11-26(31(23)41-7)21-12-14-22(15-13-21)33(40)36(5)6/h9-15,20,24-25,27-30,38H,8,16-19H2,1-7H3,(H,35,39)/t20-,24+,25+,27-,28-,29-,30-/m0/s1. The summed E-state index contributed by atoms with van der Waals surface area (Å²) in [6, 6.07) is 13.1. The number of nitrogens with one attached hydrogen (secondary N) is 1. The van der Waals surface area contributed by atoms with Gasteiger partial charge >= 0.3 is 0 Å². The molecule has 0 radical (unpaired) electrons. The van der Waals surface area contributed by atoms with Crippen molar-refractivity contribution in [1.82, 2.24) is 15.3 Å². The summed E-state index contributed by atoms with van der Waals surface area (Å²) < 4.78 is 5.92. The third-order valence-corrected chi connectivity index (χ3v) is 10.5. The highest BCUT2D eigenvalue weighted by Gasteiger charge is 2.57. The molecule has 2 aromatic rings. The van der Waals surface area contributed by atoms with Crippen LogP contribution in [0.1, 0.15) is 62.9 Å². The van der Waals surface area contributed by atoms with Crippen LogP contribution in [0.5, 0.6) is 5.75 Å². The Hall–Kier alpha value is -2.94. The average molecular weight is 578 g/mol. The van der Waals surface area contributed by atoms with Crippen LogP contribution >= 0.6 is 0 Å². The van der Waals surface area contributed by atoms with E-state index in [1.807, 2.05) is 49.4 Å². The molecule has 1 aliphatic heterocycles. The van der Waals surface area contributed by atoms with Crippen molar-refractivity contribution < 1.29 is 24.3 Å². The number of amides is 2. The minimum Gasteiger partial charge on any atom is -0.496 e. The number of aliphatic hydroxyl groups is 1. The lowest BCUT2D eigenvalue weighted by molar-refractivity contribution is -0.183. The Morgan fingerprint density at radius 3 is 2.43 bits per heavy atom. The fourth-order valence-corrected chi connectivity index (χ4v) is 7.85. The first kappa shape index (κ1) is 30.5. The smallest absolute Gasteiger partial charge is 0.253 e. The zero-order chi connectivity index (χ0) is 30.3. The lowest BCUT2D eigenvalue weighted by atomic mass is 9.45. The molecule has 2 bridgehead atoms. The highest BCUT2D eigenvalue weighted by Crippen LogP contribution is 2.61. The SMILES string of the molecule is CC[C@@H]1[C@H](CO)ON(Cc2cccc(-c3ccc(C(=O)N(C)C)cc3)c2OC)[C@@H]1C(=O)N[C@H]1C[C@H]2C[C@@H]([C@@H]1C)C2(C)C. The number of para-hydroxylation sites is 1. The Kier molecular flexibility index (Phi) is 8.70. The van der Waals surface area contributed by atoms with Gasteiger partial charge in [-0.25, -0.2) is 0 Å². The van der Waals surface area contributed by atoms with Crippen LogP contribution in [0.3, 0.4) is 0 Å².